The van der Waals surface area contributed by atoms with Gasteiger partial charge in [0, 0.05) is 27.9 Å². The van der Waals surface area contributed by atoms with Crippen molar-refractivity contribution >= 4 is 57.2 Å². The summed E-state index contributed by atoms with van der Waals surface area (Å²) in [5.41, 5.74) is 9.11. The number of primary amides is 1. The van der Waals surface area contributed by atoms with Crippen LogP contribution in [-0.4, -0.2) is 44.9 Å². The summed E-state index contributed by atoms with van der Waals surface area (Å²) in [6.45, 7) is 9.83. The summed E-state index contributed by atoms with van der Waals surface area (Å²) in [6, 6.07) is 10.1. The number of ether oxygens (including phenoxy) is 1. The van der Waals surface area contributed by atoms with Crippen LogP contribution in [0.5, 0.6) is 0 Å². The van der Waals surface area contributed by atoms with Crippen molar-refractivity contribution in [3.8, 4) is 22.5 Å². The molecule has 3 heterocycles. The fourth-order valence-electron chi connectivity index (χ4n) is 4.05. The molecule has 2 amide bonds. The fraction of sp³-hybridized carbons (Fsp3) is 0.222. The molecule has 9 nitrogen and oxygen atoms in total. The predicted octanol–water partition coefficient (Wildman–Crippen LogP) is 5.54. The SMILES string of the molecule is C=CCn1c(SCC(=O)Nc2sc(C(N)=O)c(C)c2C(=O)OCC)nnc1-c1csc(C)c1-c1ccccc1. The number of anilines is 1. The van der Waals surface area contributed by atoms with Crippen molar-refractivity contribution in [3.05, 3.63) is 69.2 Å². The van der Waals surface area contributed by atoms with Gasteiger partial charge in [-0.25, -0.2) is 4.79 Å². The molecule has 3 aromatic heterocycles. The Morgan fingerprint density at radius 3 is 2.62 bits per heavy atom. The molecule has 0 saturated carbocycles. The number of allylic oxidation sites excluding steroid dienone is 1. The van der Waals surface area contributed by atoms with Gasteiger partial charge in [-0.15, -0.1) is 39.4 Å². The number of thiophene rings is 2. The Labute approximate surface area is 238 Å². The second-order valence-corrected chi connectivity index (χ2v) is 11.4. The number of rotatable bonds is 11. The van der Waals surface area contributed by atoms with E-state index in [0.29, 0.717) is 23.1 Å². The first kappa shape index (κ1) is 28.3. The average molecular weight is 582 g/mol. The molecule has 0 aliphatic heterocycles. The maximum absolute atomic E-state index is 12.9. The van der Waals surface area contributed by atoms with Crippen molar-refractivity contribution < 1.29 is 19.1 Å². The minimum absolute atomic E-state index is 0.00536. The van der Waals surface area contributed by atoms with Gasteiger partial charge in [0.25, 0.3) is 5.91 Å². The number of amides is 2. The molecule has 0 bridgehead atoms. The Balaban J connectivity index is 1.57. The number of benzene rings is 1. The summed E-state index contributed by atoms with van der Waals surface area (Å²) >= 11 is 3.80. The monoisotopic (exact) mass is 581 g/mol. The number of nitrogens with one attached hydrogen (secondary N) is 1. The minimum atomic E-state index is -0.679. The van der Waals surface area contributed by atoms with E-state index in [1.807, 2.05) is 22.8 Å². The highest BCUT2D eigenvalue weighted by Crippen LogP contribution is 2.39. The van der Waals surface area contributed by atoms with Crippen molar-refractivity contribution in [3.63, 3.8) is 0 Å². The predicted molar refractivity (Wildman–Crippen MR) is 157 cm³/mol. The van der Waals surface area contributed by atoms with Gasteiger partial charge in [0.15, 0.2) is 11.0 Å². The summed E-state index contributed by atoms with van der Waals surface area (Å²) in [6.07, 6.45) is 1.75. The van der Waals surface area contributed by atoms with E-state index in [1.54, 1.807) is 31.3 Å². The Hall–Kier alpha value is -3.74. The number of hydrogen-bond donors (Lipinski definition) is 2. The lowest BCUT2D eigenvalue weighted by Gasteiger charge is -2.10. The van der Waals surface area contributed by atoms with E-state index in [9.17, 15) is 14.4 Å². The van der Waals surface area contributed by atoms with Crippen LogP contribution < -0.4 is 11.1 Å². The first-order valence-corrected chi connectivity index (χ1v) is 14.7. The van der Waals surface area contributed by atoms with Crippen LogP contribution in [0.1, 0.15) is 37.4 Å². The smallest absolute Gasteiger partial charge is 0.341 e. The maximum Gasteiger partial charge on any atom is 0.341 e. The molecule has 202 valence electrons. The number of carbonyl (C=O) groups is 3. The van der Waals surface area contributed by atoms with E-state index in [0.717, 1.165) is 32.9 Å². The number of nitrogens with zero attached hydrogens (tertiary/aromatic N) is 3. The van der Waals surface area contributed by atoms with E-state index in [1.165, 1.54) is 11.8 Å². The van der Waals surface area contributed by atoms with Crippen LogP contribution in [0, 0.1) is 13.8 Å². The van der Waals surface area contributed by atoms with Gasteiger partial charge < -0.3 is 15.8 Å². The molecule has 0 aliphatic rings. The van der Waals surface area contributed by atoms with Gasteiger partial charge in [0.2, 0.25) is 5.91 Å². The quantitative estimate of drug-likeness (QED) is 0.135. The summed E-state index contributed by atoms with van der Waals surface area (Å²) in [5, 5.41) is 14.4. The van der Waals surface area contributed by atoms with Gasteiger partial charge >= 0.3 is 5.97 Å². The van der Waals surface area contributed by atoms with Gasteiger partial charge in [-0.2, -0.15) is 0 Å². The van der Waals surface area contributed by atoms with Crippen LogP contribution in [0.15, 0.2) is 53.5 Å². The minimum Gasteiger partial charge on any atom is -0.462 e. The number of aromatic nitrogens is 3. The van der Waals surface area contributed by atoms with Crippen molar-refractivity contribution in [2.75, 3.05) is 17.7 Å². The lowest BCUT2D eigenvalue weighted by Crippen LogP contribution is -2.17. The summed E-state index contributed by atoms with van der Waals surface area (Å²) < 4.78 is 7.03. The molecule has 0 fully saturated rings. The van der Waals surface area contributed by atoms with E-state index >= 15 is 0 Å². The Morgan fingerprint density at radius 2 is 1.95 bits per heavy atom. The van der Waals surface area contributed by atoms with Crippen molar-refractivity contribution in [1.29, 1.82) is 0 Å². The normalized spacial score (nSPS) is 10.8. The first-order chi connectivity index (χ1) is 18.8. The lowest BCUT2D eigenvalue weighted by atomic mass is 10.0. The number of aryl methyl sites for hydroxylation is 1. The molecule has 0 spiro atoms. The molecular formula is C27H27N5O4S3. The molecule has 12 heteroatoms. The van der Waals surface area contributed by atoms with Crippen LogP contribution >= 0.6 is 34.4 Å². The molecule has 3 N–H and O–H groups in total. The number of hydrogen-bond acceptors (Lipinski definition) is 9. The van der Waals surface area contributed by atoms with Crippen LogP contribution in [0.2, 0.25) is 0 Å². The molecule has 1 aromatic carbocycles. The first-order valence-electron chi connectivity index (χ1n) is 12.0. The average Bonchev–Trinajstić information content (AvgIpc) is 3.58. The highest BCUT2D eigenvalue weighted by Gasteiger charge is 2.26. The van der Waals surface area contributed by atoms with Crippen molar-refractivity contribution in [1.82, 2.24) is 14.8 Å². The van der Waals surface area contributed by atoms with E-state index < -0.39 is 11.9 Å². The largest absolute Gasteiger partial charge is 0.462 e. The van der Waals surface area contributed by atoms with Crippen molar-refractivity contribution in [2.45, 2.75) is 32.5 Å². The molecular weight excluding hydrogens is 555 g/mol. The second kappa shape index (κ2) is 12.4. The zero-order chi connectivity index (χ0) is 28.1. The van der Waals surface area contributed by atoms with Gasteiger partial charge in [-0.05, 0) is 31.9 Å². The zero-order valence-electron chi connectivity index (χ0n) is 21.6. The number of nitrogens with two attached hydrogens (primary N) is 1. The molecule has 0 aliphatic carbocycles. The molecule has 0 radical (unpaired) electrons. The molecule has 0 saturated heterocycles. The standard InChI is InChI=1S/C27H27N5O4S3/c1-5-12-32-24(18-13-37-16(4)21(18)17-10-8-7-9-11-17)30-31-27(32)38-14-19(33)29-25-20(26(35)36-6-2)15(3)22(39-25)23(28)34/h5,7-11,13H,1,6,12,14H2,2-4H3,(H2,28,34)(H,29,33). The van der Waals surface area contributed by atoms with Crippen LogP contribution in [0.3, 0.4) is 0 Å². The van der Waals surface area contributed by atoms with Gasteiger partial charge in [-0.1, -0.05) is 48.2 Å². The molecule has 0 unspecified atom stereocenters. The Morgan fingerprint density at radius 1 is 1.21 bits per heavy atom. The molecule has 4 rings (SSSR count). The molecule has 4 aromatic rings. The second-order valence-electron chi connectivity index (χ2n) is 8.33. The van der Waals surface area contributed by atoms with Crippen LogP contribution in [-0.2, 0) is 16.1 Å². The topological polar surface area (TPSA) is 129 Å². The summed E-state index contributed by atoms with van der Waals surface area (Å²) in [7, 11) is 0. The van der Waals surface area contributed by atoms with Gasteiger partial charge in [-0.3, -0.25) is 14.2 Å². The zero-order valence-corrected chi connectivity index (χ0v) is 24.1. The Kier molecular flexibility index (Phi) is 9.00. The number of carbonyl (C=O) groups excluding carboxylic acids is 3. The number of thioether (sulfide) groups is 1. The van der Waals surface area contributed by atoms with Crippen LogP contribution in [0.25, 0.3) is 22.5 Å². The third-order valence-corrected chi connectivity index (χ3v) is 8.84. The summed E-state index contributed by atoms with van der Waals surface area (Å²) in [4.78, 5) is 38.6. The highest BCUT2D eigenvalue weighted by atomic mass is 32.2. The fourth-order valence-corrected chi connectivity index (χ4v) is 6.72. The highest BCUT2D eigenvalue weighted by molar-refractivity contribution is 7.99. The third kappa shape index (κ3) is 5.97. The lowest BCUT2D eigenvalue weighted by molar-refractivity contribution is -0.113. The maximum atomic E-state index is 12.9. The molecule has 39 heavy (non-hydrogen) atoms. The third-order valence-electron chi connectivity index (χ3n) is 5.74. The van der Waals surface area contributed by atoms with Crippen LogP contribution in [0.4, 0.5) is 5.00 Å². The Bertz CT molecular complexity index is 1540. The molecule has 0 atom stereocenters. The van der Waals surface area contributed by atoms with E-state index in [4.69, 9.17) is 10.5 Å². The summed E-state index contributed by atoms with van der Waals surface area (Å²) in [5.74, 6) is -1.01. The van der Waals surface area contributed by atoms with Gasteiger partial charge in [0.05, 0.1) is 22.8 Å². The van der Waals surface area contributed by atoms with Gasteiger partial charge in [0.1, 0.15) is 5.00 Å². The number of esters is 1. The van der Waals surface area contributed by atoms with E-state index in [2.05, 4.69) is 46.5 Å². The van der Waals surface area contributed by atoms with E-state index in [-0.39, 0.29) is 33.7 Å². The van der Waals surface area contributed by atoms with Crippen molar-refractivity contribution in [2.24, 2.45) is 5.73 Å².